The van der Waals surface area contributed by atoms with Crippen LogP contribution in [0.3, 0.4) is 0 Å². The fourth-order valence-corrected chi connectivity index (χ4v) is 5.70. The number of ether oxygens (including phenoxy) is 1. The van der Waals surface area contributed by atoms with Gasteiger partial charge in [-0.25, -0.2) is 13.4 Å². The molecule has 0 aliphatic carbocycles. The van der Waals surface area contributed by atoms with Gasteiger partial charge in [-0.05, 0) is 31.2 Å². The quantitative estimate of drug-likeness (QED) is 0.582. The number of amides is 1. The molecule has 10 nitrogen and oxygen atoms in total. The number of nitrogens with zero attached hydrogens (tertiary/aromatic N) is 4. The first-order valence-electron chi connectivity index (χ1n) is 11.4. The molecule has 0 saturated carbocycles. The fourth-order valence-electron chi connectivity index (χ4n) is 4.08. The van der Waals surface area contributed by atoms with Crippen LogP contribution in [0.5, 0.6) is 0 Å². The molecule has 1 saturated heterocycles. The molecule has 11 heteroatoms. The van der Waals surface area contributed by atoms with E-state index in [1.54, 1.807) is 30.3 Å². The molecule has 1 amide bonds. The summed E-state index contributed by atoms with van der Waals surface area (Å²) in [6, 6.07) is 11.2. The zero-order valence-electron chi connectivity index (χ0n) is 20.0. The summed E-state index contributed by atoms with van der Waals surface area (Å²) in [4.78, 5) is 36.9. The SMILES string of the molecule is [C-]#[N+]C([N+]#[C-])=C1C(=Nc2ccc(N3CCOCC3)cc2NC(=O)CCC(C)=O)S(=O)(=O)c2ccccc21. The van der Waals surface area contributed by atoms with Crippen LogP contribution in [0.25, 0.3) is 15.3 Å². The van der Waals surface area contributed by atoms with E-state index in [1.165, 1.54) is 19.1 Å². The summed E-state index contributed by atoms with van der Waals surface area (Å²) < 4.78 is 32.3. The second-order valence-electron chi connectivity index (χ2n) is 8.39. The van der Waals surface area contributed by atoms with Crippen LogP contribution in [0.15, 0.2) is 58.2 Å². The molecular formula is C26H23N5O5S. The highest BCUT2D eigenvalue weighted by atomic mass is 32.2. The lowest BCUT2D eigenvalue weighted by Crippen LogP contribution is -2.36. The number of benzene rings is 2. The number of anilines is 2. The van der Waals surface area contributed by atoms with Crippen LogP contribution < -0.4 is 10.2 Å². The average Bonchev–Trinajstić information content (AvgIpc) is 3.11. The highest BCUT2D eigenvalue weighted by Gasteiger charge is 2.42. The monoisotopic (exact) mass is 517 g/mol. The highest BCUT2D eigenvalue weighted by Crippen LogP contribution is 2.41. The Morgan fingerprint density at radius 2 is 1.78 bits per heavy atom. The van der Waals surface area contributed by atoms with Gasteiger partial charge in [-0.15, -0.1) is 0 Å². The van der Waals surface area contributed by atoms with Crippen molar-refractivity contribution in [2.45, 2.75) is 24.7 Å². The second kappa shape index (κ2) is 10.7. The van der Waals surface area contributed by atoms with Gasteiger partial charge in [0, 0.05) is 37.2 Å². The molecule has 0 radical (unpaired) electrons. The Hall–Kier alpha value is -4.32. The van der Waals surface area contributed by atoms with E-state index in [9.17, 15) is 18.0 Å². The lowest BCUT2D eigenvalue weighted by Gasteiger charge is -2.29. The van der Waals surface area contributed by atoms with Gasteiger partial charge in [0.2, 0.25) is 15.7 Å². The lowest BCUT2D eigenvalue weighted by molar-refractivity contribution is -0.121. The number of fused-ring (bicyclic) bond motifs is 1. The third-order valence-corrected chi connectivity index (χ3v) is 7.65. The third kappa shape index (κ3) is 5.28. The molecule has 0 unspecified atom stereocenters. The fraction of sp³-hybridized carbons (Fsp3) is 0.269. The summed E-state index contributed by atoms with van der Waals surface area (Å²) in [5.41, 5.74) is 1.35. The van der Waals surface area contributed by atoms with Crippen molar-refractivity contribution in [2.24, 2.45) is 4.99 Å². The molecule has 1 N–H and O–H groups in total. The van der Waals surface area contributed by atoms with E-state index in [-0.39, 0.29) is 46.0 Å². The molecule has 2 aromatic rings. The highest BCUT2D eigenvalue weighted by molar-refractivity contribution is 8.08. The standard InChI is InChI=1S/C26H23N5O5S/c1-17(32)8-11-23(33)29-21-16-18(31-12-14-36-15-13-31)9-10-20(21)30-26-24(25(27-2)28-3)19-6-4-5-7-22(19)37(26,34)35/h4-7,9-10,16H,8,11-15H2,1H3,(H,29,33). The number of hydrogen-bond donors (Lipinski definition) is 1. The smallest absolute Gasteiger partial charge is 0.378 e. The van der Waals surface area contributed by atoms with Gasteiger partial charge in [0.25, 0.3) is 0 Å². The molecule has 37 heavy (non-hydrogen) atoms. The molecule has 2 aliphatic rings. The number of nitrogens with one attached hydrogen (secondary N) is 1. The molecule has 0 bridgehead atoms. The lowest BCUT2D eigenvalue weighted by atomic mass is 10.1. The summed E-state index contributed by atoms with van der Waals surface area (Å²) in [6.45, 7) is 18.6. The predicted octanol–water partition coefficient (Wildman–Crippen LogP) is 3.86. The predicted molar refractivity (Wildman–Crippen MR) is 139 cm³/mol. The first-order chi connectivity index (χ1) is 17.8. The summed E-state index contributed by atoms with van der Waals surface area (Å²) in [6.07, 6.45) is 0.0242. The van der Waals surface area contributed by atoms with Crippen LogP contribution in [0.2, 0.25) is 0 Å². The van der Waals surface area contributed by atoms with Crippen LogP contribution in [-0.4, -0.2) is 51.5 Å². The van der Waals surface area contributed by atoms with E-state index >= 15 is 0 Å². The van der Waals surface area contributed by atoms with Crippen molar-refractivity contribution in [2.75, 3.05) is 36.5 Å². The Morgan fingerprint density at radius 1 is 1.08 bits per heavy atom. The number of ketones is 1. The number of Topliss-reactive ketones (excluding diaryl/α,β-unsaturated/α-hetero) is 1. The molecule has 0 spiro atoms. The maximum atomic E-state index is 13.4. The topological polar surface area (TPSA) is 114 Å². The van der Waals surface area contributed by atoms with Crippen molar-refractivity contribution in [3.05, 3.63) is 76.7 Å². The van der Waals surface area contributed by atoms with Gasteiger partial charge >= 0.3 is 5.82 Å². The maximum Gasteiger partial charge on any atom is 0.530 e. The zero-order valence-corrected chi connectivity index (χ0v) is 20.8. The van der Waals surface area contributed by atoms with Crippen molar-refractivity contribution in [1.82, 2.24) is 0 Å². The number of morpholine rings is 1. The Bertz CT molecular complexity index is 1510. The van der Waals surface area contributed by atoms with Crippen molar-refractivity contribution in [3.63, 3.8) is 0 Å². The van der Waals surface area contributed by atoms with Crippen LogP contribution in [-0.2, 0) is 24.2 Å². The van der Waals surface area contributed by atoms with Crippen molar-refractivity contribution >= 4 is 49.2 Å². The van der Waals surface area contributed by atoms with Gasteiger partial charge < -0.3 is 19.7 Å². The van der Waals surface area contributed by atoms with E-state index in [0.29, 0.717) is 26.3 Å². The van der Waals surface area contributed by atoms with Gasteiger partial charge in [0.15, 0.2) is 5.04 Å². The minimum Gasteiger partial charge on any atom is -0.378 e. The first-order valence-corrected chi connectivity index (χ1v) is 12.9. The minimum atomic E-state index is -4.14. The maximum absolute atomic E-state index is 13.4. The molecule has 4 rings (SSSR count). The van der Waals surface area contributed by atoms with Crippen LogP contribution in [0, 0.1) is 13.1 Å². The number of carbonyl (C=O) groups is 2. The van der Waals surface area contributed by atoms with Gasteiger partial charge in [-0.2, -0.15) is 9.69 Å². The number of rotatable bonds is 6. The molecule has 0 atom stereocenters. The van der Waals surface area contributed by atoms with E-state index in [1.807, 2.05) is 0 Å². The van der Waals surface area contributed by atoms with Crippen molar-refractivity contribution in [3.8, 4) is 0 Å². The van der Waals surface area contributed by atoms with Crippen LogP contribution in [0.1, 0.15) is 25.3 Å². The largest absolute Gasteiger partial charge is 0.530 e. The minimum absolute atomic E-state index is 0.0365. The Kier molecular flexibility index (Phi) is 7.48. The molecule has 1 fully saturated rings. The van der Waals surface area contributed by atoms with Gasteiger partial charge in [0.1, 0.15) is 24.5 Å². The van der Waals surface area contributed by atoms with E-state index in [0.717, 1.165) is 5.69 Å². The molecule has 188 valence electrons. The summed E-state index contributed by atoms with van der Waals surface area (Å²) in [5, 5.41) is 2.33. The van der Waals surface area contributed by atoms with Crippen molar-refractivity contribution in [1.29, 1.82) is 0 Å². The number of carbonyl (C=O) groups excluding carboxylic acids is 2. The molecule has 2 aromatic carbocycles. The number of aliphatic imine (C=N–C) groups is 1. The summed E-state index contributed by atoms with van der Waals surface area (Å²) in [7, 11) is -4.14. The van der Waals surface area contributed by atoms with Crippen LogP contribution >= 0.6 is 0 Å². The third-order valence-electron chi connectivity index (χ3n) is 5.91. The normalized spacial score (nSPS) is 17.0. The van der Waals surface area contributed by atoms with E-state index in [2.05, 4.69) is 24.9 Å². The zero-order chi connectivity index (χ0) is 26.6. The molecule has 2 heterocycles. The second-order valence-corrected chi connectivity index (χ2v) is 10.2. The summed E-state index contributed by atoms with van der Waals surface area (Å²) >= 11 is 0. The Labute approximate surface area is 214 Å². The molecular weight excluding hydrogens is 494 g/mol. The number of hydrogen-bond acceptors (Lipinski definition) is 7. The van der Waals surface area contributed by atoms with Gasteiger partial charge in [0.05, 0.1) is 29.5 Å². The van der Waals surface area contributed by atoms with Crippen molar-refractivity contribution < 1.29 is 22.7 Å². The average molecular weight is 518 g/mol. The summed E-state index contributed by atoms with van der Waals surface area (Å²) in [5.74, 6) is -0.968. The molecule has 2 aliphatic heterocycles. The van der Waals surface area contributed by atoms with E-state index in [4.69, 9.17) is 17.9 Å². The Morgan fingerprint density at radius 3 is 2.46 bits per heavy atom. The first kappa shape index (κ1) is 25.8. The van der Waals surface area contributed by atoms with Gasteiger partial charge in [-0.1, -0.05) is 18.2 Å². The van der Waals surface area contributed by atoms with Crippen LogP contribution in [0.4, 0.5) is 17.1 Å². The van der Waals surface area contributed by atoms with Gasteiger partial charge in [-0.3, -0.25) is 4.79 Å². The van der Waals surface area contributed by atoms with E-state index < -0.39 is 26.6 Å². The number of sulfone groups is 1. The Balaban J connectivity index is 1.86. The molecule has 0 aromatic heterocycles.